The standard InChI is InChI=1S/C26H30N2O4S/c1-20-14-15-25(21(2)17-20)28(33(30,31)24-12-5-4-6-13-24)19-26(29)27-16-8-10-22-9-7-11-23(18-22)32-3/h4-7,9,11-15,17-18H,8,10,16,19H2,1-3H3,(H,27,29). The Kier molecular flexibility index (Phi) is 8.11. The van der Waals surface area contributed by atoms with Crippen molar-refractivity contribution in [1.29, 1.82) is 0 Å². The second-order valence-corrected chi connectivity index (χ2v) is 9.78. The molecule has 174 valence electrons. The van der Waals surface area contributed by atoms with Crippen LogP contribution >= 0.6 is 0 Å². The van der Waals surface area contributed by atoms with Crippen LogP contribution in [0.4, 0.5) is 5.69 Å². The van der Waals surface area contributed by atoms with Gasteiger partial charge in [-0.3, -0.25) is 9.10 Å². The van der Waals surface area contributed by atoms with E-state index in [1.807, 2.05) is 50.2 Å². The van der Waals surface area contributed by atoms with Gasteiger partial charge in [0.2, 0.25) is 5.91 Å². The van der Waals surface area contributed by atoms with Crippen molar-refractivity contribution in [2.75, 3.05) is 24.5 Å². The summed E-state index contributed by atoms with van der Waals surface area (Å²) < 4.78 is 33.3. The number of anilines is 1. The van der Waals surface area contributed by atoms with Gasteiger partial charge in [0.05, 0.1) is 17.7 Å². The van der Waals surface area contributed by atoms with E-state index < -0.39 is 10.0 Å². The summed E-state index contributed by atoms with van der Waals surface area (Å²) in [7, 11) is -2.28. The van der Waals surface area contributed by atoms with E-state index >= 15 is 0 Å². The zero-order valence-corrected chi connectivity index (χ0v) is 20.1. The van der Waals surface area contributed by atoms with E-state index in [1.165, 1.54) is 16.4 Å². The molecule has 3 rings (SSSR count). The normalized spacial score (nSPS) is 11.1. The Labute approximate surface area is 196 Å². The van der Waals surface area contributed by atoms with Gasteiger partial charge in [-0.15, -0.1) is 0 Å². The average molecular weight is 467 g/mol. The molecule has 0 aliphatic carbocycles. The first-order chi connectivity index (χ1) is 15.8. The predicted molar refractivity (Wildman–Crippen MR) is 131 cm³/mol. The molecule has 1 N–H and O–H groups in total. The average Bonchev–Trinajstić information content (AvgIpc) is 2.81. The van der Waals surface area contributed by atoms with Crippen molar-refractivity contribution in [1.82, 2.24) is 5.32 Å². The third kappa shape index (κ3) is 6.35. The molecule has 0 spiro atoms. The van der Waals surface area contributed by atoms with Gasteiger partial charge >= 0.3 is 0 Å². The number of nitrogens with zero attached hydrogens (tertiary/aromatic N) is 1. The second-order valence-electron chi connectivity index (χ2n) is 7.92. The minimum Gasteiger partial charge on any atom is -0.497 e. The highest BCUT2D eigenvalue weighted by Crippen LogP contribution is 2.27. The molecule has 0 aromatic heterocycles. The van der Waals surface area contributed by atoms with Gasteiger partial charge in [-0.25, -0.2) is 8.42 Å². The van der Waals surface area contributed by atoms with E-state index in [0.29, 0.717) is 12.2 Å². The number of hydrogen-bond acceptors (Lipinski definition) is 4. The summed E-state index contributed by atoms with van der Waals surface area (Å²) in [5.41, 5.74) is 3.43. The van der Waals surface area contributed by atoms with Crippen LogP contribution in [0.25, 0.3) is 0 Å². The Balaban J connectivity index is 1.71. The number of methoxy groups -OCH3 is 1. The lowest BCUT2D eigenvalue weighted by Gasteiger charge is -2.26. The molecule has 0 atom stereocenters. The lowest BCUT2D eigenvalue weighted by atomic mass is 10.1. The summed E-state index contributed by atoms with van der Waals surface area (Å²) in [6, 6.07) is 21.5. The molecule has 0 unspecified atom stereocenters. The Hall–Kier alpha value is -3.32. The van der Waals surface area contributed by atoms with E-state index in [4.69, 9.17) is 4.74 Å². The molecule has 0 radical (unpaired) electrons. The molecule has 0 bridgehead atoms. The summed E-state index contributed by atoms with van der Waals surface area (Å²) in [5.74, 6) is 0.451. The third-order valence-corrected chi connectivity index (χ3v) is 7.11. The molecule has 7 heteroatoms. The van der Waals surface area contributed by atoms with E-state index in [9.17, 15) is 13.2 Å². The first-order valence-electron chi connectivity index (χ1n) is 10.9. The SMILES string of the molecule is COc1cccc(CCCNC(=O)CN(c2ccc(C)cc2C)S(=O)(=O)c2ccccc2)c1. The second kappa shape index (κ2) is 11.0. The number of benzene rings is 3. The lowest BCUT2D eigenvalue weighted by molar-refractivity contribution is -0.119. The Morgan fingerprint density at radius 1 is 0.970 bits per heavy atom. The molecular weight excluding hydrogens is 436 g/mol. The number of amides is 1. The number of ether oxygens (including phenoxy) is 1. The van der Waals surface area contributed by atoms with Crippen molar-refractivity contribution < 1.29 is 17.9 Å². The van der Waals surface area contributed by atoms with Crippen LogP contribution in [0.2, 0.25) is 0 Å². The highest BCUT2D eigenvalue weighted by Gasteiger charge is 2.28. The fourth-order valence-electron chi connectivity index (χ4n) is 3.64. The highest BCUT2D eigenvalue weighted by atomic mass is 32.2. The van der Waals surface area contributed by atoms with E-state index in [0.717, 1.165) is 35.3 Å². The molecule has 6 nitrogen and oxygen atoms in total. The minimum atomic E-state index is -3.91. The lowest BCUT2D eigenvalue weighted by Crippen LogP contribution is -2.41. The van der Waals surface area contributed by atoms with Gasteiger partial charge in [-0.1, -0.05) is 48.0 Å². The number of hydrogen-bond donors (Lipinski definition) is 1. The third-order valence-electron chi connectivity index (χ3n) is 5.34. The van der Waals surface area contributed by atoms with Crippen molar-refractivity contribution in [3.63, 3.8) is 0 Å². The number of nitrogens with one attached hydrogen (secondary N) is 1. The van der Waals surface area contributed by atoms with Gasteiger partial charge in [-0.05, 0) is 68.1 Å². The quantitative estimate of drug-likeness (QED) is 0.453. The number of carbonyl (C=O) groups is 1. The number of sulfonamides is 1. The van der Waals surface area contributed by atoms with Crippen LogP contribution in [0.5, 0.6) is 5.75 Å². The molecule has 33 heavy (non-hydrogen) atoms. The van der Waals surface area contributed by atoms with Crippen LogP contribution in [-0.4, -0.2) is 34.5 Å². The molecule has 3 aromatic rings. The first kappa shape index (κ1) is 24.3. The summed E-state index contributed by atoms with van der Waals surface area (Å²) in [6.07, 6.45) is 1.51. The predicted octanol–water partition coefficient (Wildman–Crippen LogP) is 4.26. The number of carbonyl (C=O) groups excluding carboxylic acids is 1. The van der Waals surface area contributed by atoms with Crippen LogP contribution in [0.1, 0.15) is 23.1 Å². The molecule has 0 saturated heterocycles. The largest absolute Gasteiger partial charge is 0.497 e. The van der Waals surface area contributed by atoms with Crippen molar-refractivity contribution >= 4 is 21.6 Å². The monoisotopic (exact) mass is 466 g/mol. The fraction of sp³-hybridized carbons (Fsp3) is 0.269. The van der Waals surface area contributed by atoms with Crippen LogP contribution in [0.3, 0.4) is 0 Å². The van der Waals surface area contributed by atoms with Crippen molar-refractivity contribution in [2.24, 2.45) is 0 Å². The van der Waals surface area contributed by atoms with Gasteiger partial charge in [0.25, 0.3) is 10.0 Å². The maximum absolute atomic E-state index is 13.4. The van der Waals surface area contributed by atoms with Crippen LogP contribution < -0.4 is 14.4 Å². The smallest absolute Gasteiger partial charge is 0.264 e. The zero-order chi connectivity index (χ0) is 23.8. The topological polar surface area (TPSA) is 75.7 Å². The Morgan fingerprint density at radius 3 is 2.42 bits per heavy atom. The van der Waals surface area contributed by atoms with Gasteiger partial charge in [0.15, 0.2) is 0 Å². The molecule has 0 aliphatic rings. The summed E-state index contributed by atoms with van der Waals surface area (Å²) >= 11 is 0. The van der Waals surface area contributed by atoms with Gasteiger partial charge < -0.3 is 10.1 Å². The Bertz CT molecular complexity index is 1190. The van der Waals surface area contributed by atoms with Crippen LogP contribution in [0.15, 0.2) is 77.7 Å². The highest BCUT2D eigenvalue weighted by molar-refractivity contribution is 7.92. The van der Waals surface area contributed by atoms with Crippen molar-refractivity contribution in [3.05, 3.63) is 89.5 Å². The number of aryl methyl sites for hydroxylation is 3. The van der Waals surface area contributed by atoms with Gasteiger partial charge in [-0.2, -0.15) is 0 Å². The van der Waals surface area contributed by atoms with Crippen molar-refractivity contribution in [2.45, 2.75) is 31.6 Å². The summed E-state index contributed by atoms with van der Waals surface area (Å²) in [6.45, 7) is 3.95. The molecule has 0 heterocycles. The van der Waals surface area contributed by atoms with Gasteiger partial charge in [0.1, 0.15) is 12.3 Å². The van der Waals surface area contributed by atoms with Crippen molar-refractivity contribution in [3.8, 4) is 5.75 Å². The van der Waals surface area contributed by atoms with E-state index in [1.54, 1.807) is 31.4 Å². The Morgan fingerprint density at radius 2 is 1.73 bits per heavy atom. The number of rotatable bonds is 10. The van der Waals surface area contributed by atoms with E-state index in [-0.39, 0.29) is 17.3 Å². The van der Waals surface area contributed by atoms with E-state index in [2.05, 4.69) is 5.32 Å². The van der Waals surface area contributed by atoms with Gasteiger partial charge in [0, 0.05) is 6.54 Å². The maximum Gasteiger partial charge on any atom is 0.264 e. The molecule has 1 amide bonds. The fourth-order valence-corrected chi connectivity index (χ4v) is 5.15. The summed E-state index contributed by atoms with van der Waals surface area (Å²) in [4.78, 5) is 12.9. The minimum absolute atomic E-state index is 0.149. The van der Waals surface area contributed by atoms with Crippen LogP contribution in [0, 0.1) is 13.8 Å². The molecule has 3 aromatic carbocycles. The molecule has 0 saturated carbocycles. The summed E-state index contributed by atoms with van der Waals surface area (Å²) in [5, 5.41) is 2.86. The zero-order valence-electron chi connectivity index (χ0n) is 19.2. The molecule has 0 fully saturated rings. The molecular formula is C26H30N2O4S. The maximum atomic E-state index is 13.4. The van der Waals surface area contributed by atoms with Crippen LogP contribution in [-0.2, 0) is 21.2 Å². The first-order valence-corrected chi connectivity index (χ1v) is 12.3. The molecule has 0 aliphatic heterocycles.